The molecule has 0 aromatic carbocycles. The van der Waals surface area contributed by atoms with Gasteiger partial charge in [-0.15, -0.1) is 0 Å². The number of hydrogen-bond acceptors (Lipinski definition) is 4. The minimum Gasteiger partial charge on any atom is -0.369 e. The molecule has 1 heterocycles. The van der Waals surface area contributed by atoms with Gasteiger partial charge in [0.05, 0.1) is 4.47 Å². The first-order valence-electron chi connectivity index (χ1n) is 6.01. The van der Waals surface area contributed by atoms with Gasteiger partial charge in [-0.05, 0) is 56.2 Å². The number of hydrogen-bond donors (Lipinski definition) is 1. The molecule has 1 aromatic rings. The molecule has 0 unspecified atom stereocenters. The summed E-state index contributed by atoms with van der Waals surface area (Å²) in [5, 5.41) is 3.30. The minimum absolute atomic E-state index is 0.624. The number of anilines is 1. The summed E-state index contributed by atoms with van der Waals surface area (Å²) in [5.41, 5.74) is 0. The third-order valence-corrected chi connectivity index (χ3v) is 3.36. The fourth-order valence-corrected chi connectivity index (χ4v) is 1.75. The molecule has 0 radical (unpaired) electrons. The van der Waals surface area contributed by atoms with Crippen molar-refractivity contribution in [1.29, 1.82) is 0 Å². The maximum atomic E-state index is 4.16. The van der Waals surface area contributed by atoms with E-state index in [1.54, 1.807) is 12.5 Å². The van der Waals surface area contributed by atoms with Crippen LogP contribution in [-0.2, 0) is 0 Å². The predicted molar refractivity (Wildman–Crippen MR) is 75.2 cm³/mol. The highest BCUT2D eigenvalue weighted by atomic mass is 79.9. The van der Waals surface area contributed by atoms with Crippen LogP contribution in [0.5, 0.6) is 0 Å². The maximum absolute atomic E-state index is 4.16. The number of halogens is 1. The molecular weight excluding hydrogens is 280 g/mol. The van der Waals surface area contributed by atoms with Crippen LogP contribution in [0.25, 0.3) is 0 Å². The molecule has 0 bridgehead atoms. The van der Waals surface area contributed by atoms with Gasteiger partial charge in [-0.1, -0.05) is 0 Å². The van der Waals surface area contributed by atoms with E-state index >= 15 is 0 Å². The Bertz CT molecular complexity index is 330. The molecule has 1 rings (SSSR count). The number of rotatable bonds is 7. The summed E-state index contributed by atoms with van der Waals surface area (Å²) < 4.78 is 0.916. The molecule has 4 nitrogen and oxygen atoms in total. The molecule has 0 spiro atoms. The van der Waals surface area contributed by atoms with Crippen LogP contribution in [0, 0.1) is 0 Å². The highest BCUT2D eigenvalue weighted by molar-refractivity contribution is 9.10. The fourth-order valence-electron chi connectivity index (χ4n) is 1.39. The molecule has 1 aromatic heterocycles. The van der Waals surface area contributed by atoms with Gasteiger partial charge in [0.15, 0.2) is 0 Å². The Morgan fingerprint density at radius 2 is 2.18 bits per heavy atom. The summed E-state index contributed by atoms with van der Waals surface area (Å²) in [6.07, 6.45) is 5.65. The molecule has 0 saturated carbocycles. The second kappa shape index (κ2) is 7.61. The molecule has 0 aliphatic heterocycles. The van der Waals surface area contributed by atoms with Crippen molar-refractivity contribution in [2.75, 3.05) is 25.5 Å². The van der Waals surface area contributed by atoms with Gasteiger partial charge in [0.25, 0.3) is 0 Å². The van der Waals surface area contributed by atoms with Gasteiger partial charge in [-0.25, -0.2) is 9.97 Å². The maximum Gasteiger partial charge on any atom is 0.143 e. The lowest BCUT2D eigenvalue weighted by atomic mass is 10.2. The average molecular weight is 301 g/mol. The Morgan fingerprint density at radius 3 is 2.82 bits per heavy atom. The highest BCUT2D eigenvalue weighted by Gasteiger charge is 2.02. The van der Waals surface area contributed by atoms with E-state index in [1.807, 2.05) is 0 Å². The number of unbranched alkanes of at least 4 members (excludes halogenated alkanes) is 1. The Hall–Kier alpha value is -0.680. The zero-order valence-corrected chi connectivity index (χ0v) is 12.4. The highest BCUT2D eigenvalue weighted by Crippen LogP contribution is 2.16. The van der Waals surface area contributed by atoms with Gasteiger partial charge >= 0.3 is 0 Å². The van der Waals surface area contributed by atoms with E-state index in [-0.39, 0.29) is 0 Å². The number of nitrogens with zero attached hydrogens (tertiary/aromatic N) is 3. The first-order chi connectivity index (χ1) is 8.11. The van der Waals surface area contributed by atoms with Crippen LogP contribution in [0.4, 0.5) is 5.82 Å². The lowest BCUT2D eigenvalue weighted by Gasteiger charge is -2.20. The first kappa shape index (κ1) is 14.4. The van der Waals surface area contributed by atoms with Gasteiger partial charge < -0.3 is 10.2 Å². The van der Waals surface area contributed by atoms with Crippen molar-refractivity contribution in [3.05, 3.63) is 17.0 Å². The van der Waals surface area contributed by atoms with Crippen molar-refractivity contribution in [2.45, 2.75) is 32.7 Å². The first-order valence-corrected chi connectivity index (χ1v) is 6.80. The lowest BCUT2D eigenvalue weighted by Crippen LogP contribution is -2.27. The predicted octanol–water partition coefficient (Wildman–Crippen LogP) is 2.77. The summed E-state index contributed by atoms with van der Waals surface area (Å²) in [4.78, 5) is 10.4. The smallest absolute Gasteiger partial charge is 0.143 e. The molecule has 5 heteroatoms. The Balaban J connectivity index is 2.15. The van der Waals surface area contributed by atoms with E-state index in [0.29, 0.717) is 6.04 Å². The standard InChI is InChI=1S/C12H21BrN4/c1-10(2)17(3)7-5-4-6-15-12-11(13)8-14-9-16-12/h8-10H,4-7H2,1-3H3,(H,14,15,16). The van der Waals surface area contributed by atoms with E-state index in [1.165, 1.54) is 6.42 Å². The number of nitrogens with one attached hydrogen (secondary N) is 1. The van der Waals surface area contributed by atoms with Gasteiger partial charge in [-0.3, -0.25) is 0 Å². The molecule has 0 amide bonds. The van der Waals surface area contributed by atoms with Crippen molar-refractivity contribution < 1.29 is 0 Å². The molecule has 0 atom stereocenters. The largest absolute Gasteiger partial charge is 0.369 e. The Morgan fingerprint density at radius 1 is 1.41 bits per heavy atom. The Kier molecular flexibility index (Phi) is 6.44. The third-order valence-electron chi connectivity index (χ3n) is 2.78. The number of aromatic nitrogens is 2. The normalized spacial score (nSPS) is 11.2. The minimum atomic E-state index is 0.624. The van der Waals surface area contributed by atoms with E-state index < -0.39 is 0 Å². The van der Waals surface area contributed by atoms with Crippen LogP contribution in [0.2, 0.25) is 0 Å². The van der Waals surface area contributed by atoms with Gasteiger partial charge in [-0.2, -0.15) is 0 Å². The second-order valence-corrected chi connectivity index (χ2v) is 5.28. The van der Waals surface area contributed by atoms with Crippen molar-refractivity contribution in [2.24, 2.45) is 0 Å². The quantitative estimate of drug-likeness (QED) is 0.786. The van der Waals surface area contributed by atoms with Gasteiger partial charge in [0.2, 0.25) is 0 Å². The summed E-state index contributed by atoms with van der Waals surface area (Å²) >= 11 is 3.41. The van der Waals surface area contributed by atoms with E-state index in [2.05, 4.69) is 57.0 Å². The van der Waals surface area contributed by atoms with E-state index in [0.717, 1.165) is 29.8 Å². The zero-order chi connectivity index (χ0) is 12.7. The molecule has 1 N–H and O–H groups in total. The monoisotopic (exact) mass is 300 g/mol. The van der Waals surface area contributed by atoms with E-state index in [4.69, 9.17) is 0 Å². The van der Waals surface area contributed by atoms with Crippen molar-refractivity contribution in [1.82, 2.24) is 14.9 Å². The zero-order valence-electron chi connectivity index (χ0n) is 10.8. The van der Waals surface area contributed by atoms with Gasteiger partial charge in [0.1, 0.15) is 12.1 Å². The fraction of sp³-hybridized carbons (Fsp3) is 0.667. The molecule has 0 saturated heterocycles. The van der Waals surface area contributed by atoms with Crippen LogP contribution in [-0.4, -0.2) is 41.0 Å². The second-order valence-electron chi connectivity index (χ2n) is 4.43. The van der Waals surface area contributed by atoms with Crippen molar-refractivity contribution in [3.63, 3.8) is 0 Å². The summed E-state index contributed by atoms with van der Waals surface area (Å²) in [7, 11) is 2.17. The van der Waals surface area contributed by atoms with Crippen LogP contribution in [0.15, 0.2) is 17.0 Å². The third kappa shape index (κ3) is 5.46. The molecule has 0 fully saturated rings. The SMILES string of the molecule is CC(C)N(C)CCCCNc1ncncc1Br. The molecule has 0 aliphatic rings. The van der Waals surface area contributed by atoms with E-state index in [9.17, 15) is 0 Å². The molecule has 17 heavy (non-hydrogen) atoms. The molecule has 0 aliphatic carbocycles. The summed E-state index contributed by atoms with van der Waals surface area (Å²) in [6, 6.07) is 0.624. The van der Waals surface area contributed by atoms with Crippen LogP contribution in [0.3, 0.4) is 0 Å². The van der Waals surface area contributed by atoms with Gasteiger partial charge in [0, 0.05) is 18.8 Å². The Labute approximate surface area is 112 Å². The summed E-state index contributed by atoms with van der Waals surface area (Å²) in [6.45, 7) is 6.53. The lowest BCUT2D eigenvalue weighted by molar-refractivity contribution is 0.269. The summed E-state index contributed by atoms with van der Waals surface area (Å²) in [5.74, 6) is 0.872. The average Bonchev–Trinajstić information content (AvgIpc) is 2.30. The van der Waals surface area contributed by atoms with Crippen molar-refractivity contribution >= 4 is 21.7 Å². The van der Waals surface area contributed by atoms with Crippen molar-refractivity contribution in [3.8, 4) is 0 Å². The topological polar surface area (TPSA) is 41.0 Å². The van der Waals surface area contributed by atoms with Crippen LogP contribution in [0.1, 0.15) is 26.7 Å². The molecule has 96 valence electrons. The van der Waals surface area contributed by atoms with Crippen LogP contribution < -0.4 is 5.32 Å². The van der Waals surface area contributed by atoms with Crippen LogP contribution >= 0.6 is 15.9 Å². The molecular formula is C12H21BrN4.